The molecule has 0 aliphatic carbocycles. The second-order valence-electron chi connectivity index (χ2n) is 10.2. The number of nitrogens with zero attached hydrogens (tertiary/aromatic N) is 3. The van der Waals surface area contributed by atoms with Crippen LogP contribution in [0, 0.1) is 0 Å². The minimum absolute atomic E-state index is 0.806. The molecule has 0 saturated carbocycles. The standard InChI is InChI=1S/C36H21N3O/c1-5-16-30-24(11-1)26-13-7-9-22-10-8-17-31(34(22)26)39(30)36-35(37-28-14-3-4-15-29(28)38-36)23-19-20-33-27(21-23)25-12-2-6-18-32(25)40-33/h1-21H. The number of rotatable bonds is 2. The van der Waals surface area contributed by atoms with Gasteiger partial charge in [-0.15, -0.1) is 0 Å². The highest BCUT2D eigenvalue weighted by molar-refractivity contribution is 6.14. The second-order valence-corrected chi connectivity index (χ2v) is 10.2. The van der Waals surface area contributed by atoms with Gasteiger partial charge in [-0.3, -0.25) is 4.90 Å². The number of furan rings is 1. The Bertz CT molecular complexity index is 2290. The van der Waals surface area contributed by atoms with E-state index in [0.29, 0.717) is 0 Å². The van der Waals surface area contributed by atoms with Gasteiger partial charge < -0.3 is 4.42 Å². The number of hydrogen-bond donors (Lipinski definition) is 0. The van der Waals surface area contributed by atoms with Gasteiger partial charge in [-0.25, -0.2) is 9.97 Å². The van der Waals surface area contributed by atoms with Gasteiger partial charge in [-0.1, -0.05) is 78.9 Å². The van der Waals surface area contributed by atoms with E-state index in [1.165, 1.54) is 21.9 Å². The van der Waals surface area contributed by atoms with Crippen LogP contribution in [0.4, 0.5) is 17.2 Å². The van der Waals surface area contributed by atoms with Gasteiger partial charge in [0.1, 0.15) is 16.9 Å². The molecule has 0 N–H and O–H groups in total. The van der Waals surface area contributed by atoms with E-state index in [1.807, 2.05) is 48.5 Å². The number of hydrogen-bond acceptors (Lipinski definition) is 4. The van der Waals surface area contributed by atoms with Crippen LogP contribution in [0.1, 0.15) is 0 Å². The third-order valence-electron chi connectivity index (χ3n) is 7.97. The van der Waals surface area contributed by atoms with E-state index in [4.69, 9.17) is 14.4 Å². The summed E-state index contributed by atoms with van der Waals surface area (Å²) in [6, 6.07) is 44.2. The molecule has 9 rings (SSSR count). The highest BCUT2D eigenvalue weighted by Crippen LogP contribution is 2.52. The van der Waals surface area contributed by atoms with Crippen LogP contribution in [0.15, 0.2) is 132 Å². The van der Waals surface area contributed by atoms with E-state index < -0.39 is 0 Å². The summed E-state index contributed by atoms with van der Waals surface area (Å²) in [5.41, 5.74) is 9.91. The molecule has 6 aromatic carbocycles. The molecule has 0 fully saturated rings. The van der Waals surface area contributed by atoms with Crippen molar-refractivity contribution in [1.82, 2.24) is 9.97 Å². The Morgan fingerprint density at radius 1 is 0.525 bits per heavy atom. The van der Waals surface area contributed by atoms with Crippen molar-refractivity contribution in [1.29, 1.82) is 0 Å². The maximum Gasteiger partial charge on any atom is 0.165 e. The number of para-hydroxylation sites is 4. The molecule has 1 aliphatic rings. The van der Waals surface area contributed by atoms with Gasteiger partial charge in [-0.2, -0.15) is 0 Å². The lowest BCUT2D eigenvalue weighted by Crippen LogP contribution is -2.17. The fourth-order valence-corrected chi connectivity index (χ4v) is 6.20. The van der Waals surface area contributed by atoms with Crippen LogP contribution in [0.3, 0.4) is 0 Å². The quantitative estimate of drug-likeness (QED) is 0.232. The molecule has 0 bridgehead atoms. The molecule has 0 unspecified atom stereocenters. The van der Waals surface area contributed by atoms with Crippen molar-refractivity contribution in [3.05, 3.63) is 127 Å². The summed E-state index contributed by atoms with van der Waals surface area (Å²) in [7, 11) is 0. The van der Waals surface area contributed by atoms with Crippen LogP contribution in [0.25, 0.3) is 66.1 Å². The van der Waals surface area contributed by atoms with Gasteiger partial charge in [0.2, 0.25) is 0 Å². The summed E-state index contributed by atoms with van der Waals surface area (Å²) < 4.78 is 6.14. The molecule has 4 nitrogen and oxygen atoms in total. The summed E-state index contributed by atoms with van der Waals surface area (Å²) in [4.78, 5) is 12.8. The number of fused-ring (bicyclic) bond motifs is 6. The molecule has 186 valence electrons. The Morgan fingerprint density at radius 2 is 1.23 bits per heavy atom. The predicted octanol–water partition coefficient (Wildman–Crippen LogP) is 9.80. The Balaban J connectivity index is 1.39. The second kappa shape index (κ2) is 8.01. The summed E-state index contributed by atoms with van der Waals surface area (Å²) in [5, 5.41) is 4.59. The summed E-state index contributed by atoms with van der Waals surface area (Å²) in [6.45, 7) is 0. The fourth-order valence-electron chi connectivity index (χ4n) is 6.20. The van der Waals surface area contributed by atoms with Gasteiger partial charge in [0, 0.05) is 27.3 Å². The number of anilines is 3. The molecule has 3 heterocycles. The molecular weight excluding hydrogens is 490 g/mol. The third kappa shape index (κ3) is 2.96. The van der Waals surface area contributed by atoms with E-state index in [9.17, 15) is 0 Å². The Labute approximate surface area is 229 Å². The van der Waals surface area contributed by atoms with Crippen LogP contribution in [-0.2, 0) is 0 Å². The number of benzene rings is 6. The Kier molecular flexibility index (Phi) is 4.30. The van der Waals surface area contributed by atoms with Gasteiger partial charge in [0.25, 0.3) is 0 Å². The fraction of sp³-hybridized carbons (Fsp3) is 0. The minimum atomic E-state index is 0.806. The monoisotopic (exact) mass is 511 g/mol. The van der Waals surface area contributed by atoms with Crippen LogP contribution in [-0.4, -0.2) is 9.97 Å². The van der Waals surface area contributed by atoms with Crippen molar-refractivity contribution in [2.24, 2.45) is 0 Å². The molecule has 0 spiro atoms. The molecule has 40 heavy (non-hydrogen) atoms. The van der Waals surface area contributed by atoms with Crippen molar-refractivity contribution in [2.45, 2.75) is 0 Å². The molecule has 0 saturated heterocycles. The van der Waals surface area contributed by atoms with E-state index >= 15 is 0 Å². The first-order chi connectivity index (χ1) is 19.8. The first-order valence-corrected chi connectivity index (χ1v) is 13.4. The van der Waals surface area contributed by atoms with Crippen molar-refractivity contribution in [3.63, 3.8) is 0 Å². The lowest BCUT2D eigenvalue weighted by molar-refractivity contribution is 0.669. The highest BCUT2D eigenvalue weighted by Gasteiger charge is 2.29. The van der Waals surface area contributed by atoms with E-state index in [1.54, 1.807) is 0 Å². The van der Waals surface area contributed by atoms with Crippen molar-refractivity contribution in [2.75, 3.05) is 4.90 Å². The van der Waals surface area contributed by atoms with Crippen molar-refractivity contribution in [3.8, 4) is 22.4 Å². The molecule has 4 heteroatoms. The van der Waals surface area contributed by atoms with Gasteiger partial charge >= 0.3 is 0 Å². The van der Waals surface area contributed by atoms with Crippen molar-refractivity contribution < 1.29 is 4.42 Å². The number of aromatic nitrogens is 2. The third-order valence-corrected chi connectivity index (χ3v) is 7.97. The average molecular weight is 512 g/mol. The Hall–Kier alpha value is -5.48. The SMILES string of the molecule is c1ccc2c(c1)-c1cccc3cccc(c13)N2c1nc2ccccc2nc1-c1ccc2oc3ccccc3c2c1. The lowest BCUT2D eigenvalue weighted by Gasteiger charge is -2.33. The van der Waals surface area contributed by atoms with E-state index in [0.717, 1.165) is 61.4 Å². The maximum atomic E-state index is 6.14. The molecule has 0 atom stereocenters. The molecule has 1 aliphatic heterocycles. The molecule has 0 radical (unpaired) electrons. The summed E-state index contributed by atoms with van der Waals surface area (Å²) in [5.74, 6) is 0.806. The van der Waals surface area contributed by atoms with Gasteiger partial charge in [-0.05, 0) is 59.5 Å². The molecule has 0 amide bonds. The average Bonchev–Trinajstić information content (AvgIpc) is 3.39. The van der Waals surface area contributed by atoms with Crippen molar-refractivity contribution >= 4 is 60.9 Å². The first kappa shape index (κ1) is 21.5. The van der Waals surface area contributed by atoms with E-state index in [2.05, 4.69) is 83.8 Å². The summed E-state index contributed by atoms with van der Waals surface area (Å²) >= 11 is 0. The van der Waals surface area contributed by atoms with E-state index in [-0.39, 0.29) is 0 Å². The van der Waals surface area contributed by atoms with Crippen LogP contribution >= 0.6 is 0 Å². The Morgan fingerprint density at radius 3 is 2.15 bits per heavy atom. The highest BCUT2D eigenvalue weighted by atomic mass is 16.3. The van der Waals surface area contributed by atoms with Gasteiger partial charge in [0.15, 0.2) is 5.82 Å². The topological polar surface area (TPSA) is 42.2 Å². The zero-order valence-electron chi connectivity index (χ0n) is 21.4. The van der Waals surface area contributed by atoms with Crippen LogP contribution in [0.5, 0.6) is 0 Å². The predicted molar refractivity (Wildman–Crippen MR) is 163 cm³/mol. The molecular formula is C36H21N3O. The zero-order chi connectivity index (χ0) is 26.2. The van der Waals surface area contributed by atoms with Crippen LogP contribution < -0.4 is 4.90 Å². The van der Waals surface area contributed by atoms with Crippen LogP contribution in [0.2, 0.25) is 0 Å². The first-order valence-electron chi connectivity index (χ1n) is 13.4. The molecule has 2 aromatic heterocycles. The molecule has 8 aromatic rings. The maximum absolute atomic E-state index is 6.14. The summed E-state index contributed by atoms with van der Waals surface area (Å²) in [6.07, 6.45) is 0. The largest absolute Gasteiger partial charge is 0.456 e. The lowest BCUT2D eigenvalue weighted by atomic mass is 9.91. The smallest absolute Gasteiger partial charge is 0.165 e. The minimum Gasteiger partial charge on any atom is -0.456 e. The normalized spacial score (nSPS) is 12.4. The zero-order valence-corrected chi connectivity index (χ0v) is 21.4. The van der Waals surface area contributed by atoms with Gasteiger partial charge in [0.05, 0.1) is 22.4 Å².